The molecule has 0 saturated carbocycles. The molecule has 0 radical (unpaired) electrons. The Morgan fingerprint density at radius 1 is 1.00 bits per heavy atom. The summed E-state index contributed by atoms with van der Waals surface area (Å²) in [5.74, 6) is -0.747. The highest BCUT2D eigenvalue weighted by atomic mass is 19.1. The summed E-state index contributed by atoms with van der Waals surface area (Å²) in [7, 11) is 0. The molecule has 2 N–H and O–H groups in total. The Balaban J connectivity index is 1.32. The van der Waals surface area contributed by atoms with Crippen molar-refractivity contribution in [3.8, 4) is 0 Å². The van der Waals surface area contributed by atoms with Crippen LogP contribution in [0.1, 0.15) is 28.5 Å². The van der Waals surface area contributed by atoms with E-state index in [-0.39, 0.29) is 40.6 Å². The summed E-state index contributed by atoms with van der Waals surface area (Å²) in [5.41, 5.74) is 1.40. The highest BCUT2D eigenvalue weighted by Gasteiger charge is 2.36. The number of urea groups is 1. The Hall–Kier alpha value is -4.08. The molecule has 0 unspecified atom stereocenters. The maximum atomic E-state index is 13.1. The number of benzene rings is 1. The normalized spacial score (nSPS) is 18.9. The van der Waals surface area contributed by atoms with Crippen LogP contribution in [0.15, 0.2) is 59.8 Å². The van der Waals surface area contributed by atoms with Gasteiger partial charge in [0.15, 0.2) is 0 Å². The van der Waals surface area contributed by atoms with Crippen LogP contribution in [0, 0.1) is 11.7 Å². The number of amides is 3. The average Bonchev–Trinajstić information content (AvgIpc) is 2.83. The van der Waals surface area contributed by atoms with E-state index in [1.54, 1.807) is 15.5 Å². The van der Waals surface area contributed by atoms with Crippen molar-refractivity contribution in [2.24, 2.45) is 5.92 Å². The fourth-order valence-electron chi connectivity index (χ4n) is 4.55. The number of pyridine rings is 1. The van der Waals surface area contributed by atoms with E-state index in [0.29, 0.717) is 25.3 Å². The molecule has 1 fully saturated rings. The summed E-state index contributed by atoms with van der Waals surface area (Å²) in [5, 5.41) is 5.43. The molecule has 33 heavy (non-hydrogen) atoms. The van der Waals surface area contributed by atoms with Crippen molar-refractivity contribution in [3.63, 3.8) is 0 Å². The molecule has 0 aliphatic carbocycles. The molecule has 2 aliphatic heterocycles. The van der Waals surface area contributed by atoms with Crippen molar-refractivity contribution < 1.29 is 14.0 Å². The lowest BCUT2D eigenvalue weighted by Gasteiger charge is -2.42. The Bertz CT molecular complexity index is 1260. The first kappa shape index (κ1) is 20.8. The molecule has 4 heterocycles. The number of carbonyl (C=O) groups is 2. The summed E-state index contributed by atoms with van der Waals surface area (Å²) < 4.78 is 14.8. The number of hydrogen-bond donors (Lipinski definition) is 2. The van der Waals surface area contributed by atoms with Crippen LogP contribution < -0.4 is 16.2 Å². The van der Waals surface area contributed by atoms with Gasteiger partial charge in [0.05, 0.1) is 6.20 Å². The van der Waals surface area contributed by atoms with Crippen molar-refractivity contribution >= 4 is 23.3 Å². The highest BCUT2D eigenvalue weighted by Crippen LogP contribution is 2.35. The van der Waals surface area contributed by atoms with Crippen LogP contribution in [0.5, 0.6) is 0 Å². The van der Waals surface area contributed by atoms with Crippen molar-refractivity contribution in [2.45, 2.75) is 18.9 Å². The monoisotopic (exact) mass is 448 g/mol. The fraction of sp³-hybridized carbons (Fsp3) is 0.261. The Morgan fingerprint density at radius 2 is 1.82 bits per heavy atom. The molecule has 3 amide bonds. The lowest BCUT2D eigenvalue weighted by molar-refractivity contribution is 0.102. The SMILES string of the molecule is O=C(Nc1ccc2n(c1=O)C[C@H]1C[C@@H]2CN(C(=O)Nc2ccc(F)cc2)C1)c1cnccn1. The summed E-state index contributed by atoms with van der Waals surface area (Å²) in [6, 6.07) is 8.80. The van der Waals surface area contributed by atoms with Crippen LogP contribution >= 0.6 is 0 Å². The topological polar surface area (TPSA) is 109 Å². The first-order valence-corrected chi connectivity index (χ1v) is 10.6. The number of rotatable bonds is 3. The molecular formula is C23H21FN6O3. The molecule has 2 bridgehead atoms. The zero-order chi connectivity index (χ0) is 22.9. The van der Waals surface area contributed by atoms with Crippen molar-refractivity contribution in [3.05, 3.63) is 82.5 Å². The minimum atomic E-state index is -0.500. The minimum absolute atomic E-state index is 0.00825. The van der Waals surface area contributed by atoms with Crippen molar-refractivity contribution in [1.29, 1.82) is 0 Å². The number of anilines is 2. The third kappa shape index (κ3) is 4.19. The number of nitrogens with one attached hydrogen (secondary N) is 2. The molecule has 3 aromatic rings. The summed E-state index contributed by atoms with van der Waals surface area (Å²) in [4.78, 5) is 47.8. The maximum Gasteiger partial charge on any atom is 0.321 e. The van der Waals surface area contributed by atoms with E-state index in [4.69, 9.17) is 0 Å². The van der Waals surface area contributed by atoms with Gasteiger partial charge in [0.1, 0.15) is 17.2 Å². The van der Waals surface area contributed by atoms with Gasteiger partial charge < -0.3 is 20.1 Å². The van der Waals surface area contributed by atoms with E-state index in [1.807, 2.05) is 6.07 Å². The lowest BCUT2D eigenvalue weighted by Crippen LogP contribution is -2.50. The third-order valence-electron chi connectivity index (χ3n) is 6.03. The van der Waals surface area contributed by atoms with E-state index in [1.165, 1.54) is 42.9 Å². The van der Waals surface area contributed by atoms with Crippen LogP contribution in [0.2, 0.25) is 0 Å². The largest absolute Gasteiger partial charge is 0.324 e. The zero-order valence-corrected chi connectivity index (χ0v) is 17.6. The number of aromatic nitrogens is 3. The fourth-order valence-corrected chi connectivity index (χ4v) is 4.55. The number of nitrogens with zero attached hydrogens (tertiary/aromatic N) is 4. The van der Waals surface area contributed by atoms with Gasteiger partial charge in [-0.2, -0.15) is 0 Å². The predicted octanol–water partition coefficient (Wildman–Crippen LogP) is 2.68. The quantitative estimate of drug-likeness (QED) is 0.640. The standard InChI is InChI=1S/C23H21FN6O3/c24-16-1-3-17(4-2-16)27-23(33)29-11-14-9-15(13-29)20-6-5-18(22(32)30(20)12-14)28-21(31)19-10-25-7-8-26-19/h1-8,10,14-15H,9,11-13H2,(H,27,33)(H,28,31)/t14-,15+/m0/s1. The van der Waals surface area contributed by atoms with Gasteiger partial charge in [0.25, 0.3) is 11.5 Å². The Morgan fingerprint density at radius 3 is 2.58 bits per heavy atom. The second kappa shape index (κ2) is 8.45. The number of carbonyl (C=O) groups excluding carboxylic acids is 2. The summed E-state index contributed by atoms with van der Waals surface area (Å²) in [6.07, 6.45) is 5.09. The Kier molecular flexibility index (Phi) is 5.33. The van der Waals surface area contributed by atoms with Crippen molar-refractivity contribution in [1.82, 2.24) is 19.4 Å². The smallest absolute Gasteiger partial charge is 0.321 e. The van der Waals surface area contributed by atoms with Gasteiger partial charge in [0, 0.05) is 49.3 Å². The molecule has 168 valence electrons. The van der Waals surface area contributed by atoms with Gasteiger partial charge >= 0.3 is 6.03 Å². The molecular weight excluding hydrogens is 427 g/mol. The zero-order valence-electron chi connectivity index (χ0n) is 17.6. The molecule has 0 spiro atoms. The first-order chi connectivity index (χ1) is 16.0. The van der Waals surface area contributed by atoms with Gasteiger partial charge in [-0.15, -0.1) is 0 Å². The molecule has 1 saturated heterocycles. The van der Waals surface area contributed by atoms with Crippen LogP contribution in [0.3, 0.4) is 0 Å². The highest BCUT2D eigenvalue weighted by molar-refractivity contribution is 6.02. The van der Waals surface area contributed by atoms with E-state index in [9.17, 15) is 18.8 Å². The molecule has 9 nitrogen and oxygen atoms in total. The number of fused-ring (bicyclic) bond motifs is 4. The van der Waals surface area contributed by atoms with Crippen molar-refractivity contribution in [2.75, 3.05) is 23.7 Å². The summed E-state index contributed by atoms with van der Waals surface area (Å²) >= 11 is 0. The molecule has 2 aliphatic rings. The first-order valence-electron chi connectivity index (χ1n) is 10.6. The third-order valence-corrected chi connectivity index (χ3v) is 6.03. The van der Waals surface area contributed by atoms with Crippen LogP contribution in [-0.4, -0.2) is 44.5 Å². The van der Waals surface area contributed by atoms with E-state index in [0.717, 1.165) is 12.1 Å². The number of halogens is 1. The minimum Gasteiger partial charge on any atom is -0.324 e. The second-order valence-corrected chi connectivity index (χ2v) is 8.27. The van der Waals surface area contributed by atoms with Crippen LogP contribution in [0.4, 0.5) is 20.6 Å². The van der Waals surface area contributed by atoms with Gasteiger partial charge in [-0.05, 0) is 48.7 Å². The summed E-state index contributed by atoms with van der Waals surface area (Å²) in [6.45, 7) is 1.43. The lowest BCUT2D eigenvalue weighted by atomic mass is 9.83. The Labute approximate surface area is 188 Å². The van der Waals surface area contributed by atoms with E-state index in [2.05, 4.69) is 20.6 Å². The number of hydrogen-bond acceptors (Lipinski definition) is 5. The van der Waals surface area contributed by atoms with Gasteiger partial charge in [0.2, 0.25) is 0 Å². The van der Waals surface area contributed by atoms with Crippen LogP contribution in [0.25, 0.3) is 0 Å². The van der Waals surface area contributed by atoms with Gasteiger partial charge in [-0.25, -0.2) is 14.2 Å². The molecule has 2 atom stereocenters. The second-order valence-electron chi connectivity index (χ2n) is 8.27. The van der Waals surface area contributed by atoms with E-state index < -0.39 is 5.91 Å². The average molecular weight is 448 g/mol. The number of piperidine rings is 1. The molecule has 1 aromatic carbocycles. The maximum absolute atomic E-state index is 13.1. The van der Waals surface area contributed by atoms with Gasteiger partial charge in [-0.1, -0.05) is 0 Å². The number of likely N-dealkylation sites (tertiary alicyclic amines) is 1. The molecule has 10 heteroatoms. The molecule has 5 rings (SSSR count). The van der Waals surface area contributed by atoms with Gasteiger partial charge in [-0.3, -0.25) is 14.6 Å². The predicted molar refractivity (Wildman–Crippen MR) is 119 cm³/mol. The van der Waals surface area contributed by atoms with Crippen LogP contribution in [-0.2, 0) is 6.54 Å². The molecule has 2 aromatic heterocycles. The van der Waals surface area contributed by atoms with E-state index >= 15 is 0 Å².